The normalized spacial score (nSPS) is 13.9. The van der Waals surface area contributed by atoms with Gasteiger partial charge in [0, 0.05) is 15.7 Å². The zero-order chi connectivity index (χ0) is 12.0. The van der Waals surface area contributed by atoms with Gasteiger partial charge in [-0.2, -0.15) is 0 Å². The number of rotatable bonds is 6. The van der Waals surface area contributed by atoms with E-state index in [0.29, 0.717) is 5.92 Å². The standard InChI is InChI=1S/C14H22OS/c1-5-8-13(15-7-3)11(4)14-10-9-12(6-2)16-14/h8-11H,5-7H2,1-4H3/b13-8+. The van der Waals surface area contributed by atoms with Gasteiger partial charge in [-0.05, 0) is 38.0 Å². The molecule has 1 aromatic rings. The Kier molecular flexibility index (Phi) is 5.61. The summed E-state index contributed by atoms with van der Waals surface area (Å²) in [6.07, 6.45) is 4.35. The maximum Gasteiger partial charge on any atom is 0.0999 e. The van der Waals surface area contributed by atoms with Gasteiger partial charge in [0.15, 0.2) is 0 Å². The molecule has 1 atom stereocenters. The molecule has 0 fully saturated rings. The summed E-state index contributed by atoms with van der Waals surface area (Å²) in [5, 5.41) is 0. The Labute approximate surface area is 103 Å². The van der Waals surface area contributed by atoms with Gasteiger partial charge < -0.3 is 4.74 Å². The Morgan fingerprint density at radius 3 is 2.62 bits per heavy atom. The topological polar surface area (TPSA) is 9.23 Å². The van der Waals surface area contributed by atoms with Crippen molar-refractivity contribution < 1.29 is 4.74 Å². The predicted octanol–water partition coefficient (Wildman–Crippen LogP) is 4.74. The highest BCUT2D eigenvalue weighted by atomic mass is 32.1. The molecule has 0 aliphatic heterocycles. The van der Waals surface area contributed by atoms with Crippen LogP contribution >= 0.6 is 11.3 Å². The average molecular weight is 238 g/mol. The molecule has 2 heteroatoms. The van der Waals surface area contributed by atoms with Crippen LogP contribution in [0.5, 0.6) is 0 Å². The molecule has 1 heterocycles. The lowest BCUT2D eigenvalue weighted by molar-refractivity contribution is 0.211. The largest absolute Gasteiger partial charge is 0.498 e. The van der Waals surface area contributed by atoms with Crippen LogP contribution in [0.2, 0.25) is 0 Å². The molecular formula is C14H22OS. The van der Waals surface area contributed by atoms with Crippen LogP contribution in [0.15, 0.2) is 24.0 Å². The van der Waals surface area contributed by atoms with E-state index in [-0.39, 0.29) is 0 Å². The number of aryl methyl sites for hydroxylation is 1. The maximum atomic E-state index is 5.71. The van der Waals surface area contributed by atoms with Gasteiger partial charge in [0.25, 0.3) is 0 Å². The fourth-order valence-electron chi connectivity index (χ4n) is 1.69. The molecule has 0 aliphatic carbocycles. The van der Waals surface area contributed by atoms with E-state index in [1.807, 2.05) is 18.3 Å². The summed E-state index contributed by atoms with van der Waals surface area (Å²) in [6.45, 7) is 9.37. The average Bonchev–Trinajstić information content (AvgIpc) is 2.76. The smallest absolute Gasteiger partial charge is 0.0999 e. The van der Waals surface area contributed by atoms with Crippen molar-refractivity contribution in [2.45, 2.75) is 46.5 Å². The molecule has 90 valence electrons. The highest BCUT2D eigenvalue weighted by Gasteiger charge is 2.14. The van der Waals surface area contributed by atoms with Gasteiger partial charge >= 0.3 is 0 Å². The number of hydrogen-bond acceptors (Lipinski definition) is 2. The number of hydrogen-bond donors (Lipinski definition) is 0. The molecule has 0 saturated carbocycles. The van der Waals surface area contributed by atoms with Crippen LogP contribution in [-0.2, 0) is 11.2 Å². The van der Waals surface area contributed by atoms with E-state index in [1.54, 1.807) is 0 Å². The van der Waals surface area contributed by atoms with Gasteiger partial charge in [0.1, 0.15) is 0 Å². The zero-order valence-corrected chi connectivity index (χ0v) is 11.6. The summed E-state index contributed by atoms with van der Waals surface area (Å²) in [6, 6.07) is 4.46. The van der Waals surface area contributed by atoms with Gasteiger partial charge in [-0.1, -0.05) is 20.8 Å². The van der Waals surface area contributed by atoms with E-state index >= 15 is 0 Å². The minimum Gasteiger partial charge on any atom is -0.498 e. The summed E-state index contributed by atoms with van der Waals surface area (Å²) >= 11 is 1.90. The van der Waals surface area contributed by atoms with Crippen molar-refractivity contribution in [2.75, 3.05) is 6.61 Å². The van der Waals surface area contributed by atoms with Crippen molar-refractivity contribution in [3.63, 3.8) is 0 Å². The second-order valence-corrected chi connectivity index (χ2v) is 5.03. The van der Waals surface area contributed by atoms with Crippen molar-refractivity contribution >= 4 is 11.3 Å². The monoisotopic (exact) mass is 238 g/mol. The molecule has 1 rings (SSSR count). The molecule has 0 N–H and O–H groups in total. The summed E-state index contributed by atoms with van der Waals surface area (Å²) in [4.78, 5) is 2.86. The van der Waals surface area contributed by atoms with Crippen molar-refractivity contribution in [3.05, 3.63) is 33.7 Å². The first-order chi connectivity index (χ1) is 7.72. The van der Waals surface area contributed by atoms with Crippen LogP contribution in [0.1, 0.15) is 49.8 Å². The fourth-order valence-corrected chi connectivity index (χ4v) is 2.70. The number of allylic oxidation sites excluding steroid dienone is 2. The first-order valence-electron chi connectivity index (χ1n) is 6.14. The Balaban J connectivity index is 2.81. The van der Waals surface area contributed by atoms with Crippen molar-refractivity contribution in [1.29, 1.82) is 0 Å². The molecule has 0 radical (unpaired) electrons. The van der Waals surface area contributed by atoms with E-state index in [9.17, 15) is 0 Å². The molecule has 0 amide bonds. The second kappa shape index (κ2) is 6.74. The Morgan fingerprint density at radius 2 is 2.12 bits per heavy atom. The van der Waals surface area contributed by atoms with Crippen LogP contribution in [0.25, 0.3) is 0 Å². The minimum absolute atomic E-state index is 0.394. The third kappa shape index (κ3) is 3.38. The molecule has 0 saturated heterocycles. The van der Waals surface area contributed by atoms with Crippen LogP contribution in [0.4, 0.5) is 0 Å². The van der Waals surface area contributed by atoms with E-state index < -0.39 is 0 Å². The maximum absolute atomic E-state index is 5.71. The second-order valence-electron chi connectivity index (χ2n) is 3.83. The summed E-state index contributed by atoms with van der Waals surface area (Å²) in [5.74, 6) is 1.51. The fraction of sp³-hybridized carbons (Fsp3) is 0.571. The molecule has 1 unspecified atom stereocenters. The van der Waals surface area contributed by atoms with Crippen LogP contribution < -0.4 is 0 Å². The quantitative estimate of drug-likeness (QED) is 0.650. The van der Waals surface area contributed by atoms with Crippen molar-refractivity contribution in [2.24, 2.45) is 0 Å². The summed E-state index contributed by atoms with van der Waals surface area (Å²) < 4.78 is 5.71. The van der Waals surface area contributed by atoms with Gasteiger partial charge in [-0.3, -0.25) is 0 Å². The first-order valence-corrected chi connectivity index (χ1v) is 6.95. The molecule has 1 nitrogen and oxygen atoms in total. The lowest BCUT2D eigenvalue weighted by Gasteiger charge is -2.15. The van der Waals surface area contributed by atoms with E-state index in [4.69, 9.17) is 4.74 Å². The van der Waals surface area contributed by atoms with Crippen molar-refractivity contribution in [3.8, 4) is 0 Å². The van der Waals surface area contributed by atoms with Crippen LogP contribution in [-0.4, -0.2) is 6.61 Å². The number of thiophene rings is 1. The van der Waals surface area contributed by atoms with Crippen molar-refractivity contribution in [1.82, 2.24) is 0 Å². The van der Waals surface area contributed by atoms with E-state index in [2.05, 4.69) is 39.0 Å². The Hall–Kier alpha value is -0.760. The third-order valence-electron chi connectivity index (χ3n) is 2.60. The molecule has 1 aromatic heterocycles. The SMILES string of the molecule is CC/C=C(/OCC)C(C)c1ccc(CC)s1. The molecular weight excluding hydrogens is 216 g/mol. The molecule has 0 bridgehead atoms. The minimum atomic E-state index is 0.394. The molecule has 0 aromatic carbocycles. The van der Waals surface area contributed by atoms with E-state index in [0.717, 1.165) is 25.2 Å². The molecule has 0 spiro atoms. The van der Waals surface area contributed by atoms with E-state index in [1.165, 1.54) is 9.75 Å². The number of ether oxygens (including phenoxy) is 1. The van der Waals surface area contributed by atoms with Crippen LogP contribution in [0, 0.1) is 0 Å². The highest BCUT2D eigenvalue weighted by molar-refractivity contribution is 7.12. The Bertz CT molecular complexity index is 338. The van der Waals surface area contributed by atoms with Gasteiger partial charge in [-0.15, -0.1) is 11.3 Å². The zero-order valence-electron chi connectivity index (χ0n) is 10.7. The Morgan fingerprint density at radius 1 is 1.38 bits per heavy atom. The first kappa shape index (κ1) is 13.3. The summed E-state index contributed by atoms with van der Waals surface area (Å²) in [5.41, 5.74) is 0. The highest BCUT2D eigenvalue weighted by Crippen LogP contribution is 2.31. The predicted molar refractivity (Wildman–Crippen MR) is 72.1 cm³/mol. The lowest BCUT2D eigenvalue weighted by atomic mass is 10.1. The third-order valence-corrected chi connectivity index (χ3v) is 4.01. The van der Waals surface area contributed by atoms with Gasteiger partial charge in [0.2, 0.25) is 0 Å². The molecule has 0 aliphatic rings. The lowest BCUT2D eigenvalue weighted by Crippen LogP contribution is -2.00. The molecule has 16 heavy (non-hydrogen) atoms. The van der Waals surface area contributed by atoms with Crippen LogP contribution in [0.3, 0.4) is 0 Å². The van der Waals surface area contributed by atoms with Gasteiger partial charge in [0.05, 0.1) is 12.4 Å². The van der Waals surface area contributed by atoms with Gasteiger partial charge in [-0.25, -0.2) is 0 Å². The summed E-state index contributed by atoms with van der Waals surface area (Å²) in [7, 11) is 0.